The fourth-order valence-electron chi connectivity index (χ4n) is 1.30. The predicted molar refractivity (Wildman–Crippen MR) is 57.0 cm³/mol. The van der Waals surface area contributed by atoms with Crippen LogP contribution in [0.15, 0.2) is 29.1 Å². The molecule has 2 rings (SSSR count). The van der Waals surface area contributed by atoms with Gasteiger partial charge in [0.1, 0.15) is 0 Å². The van der Waals surface area contributed by atoms with Gasteiger partial charge in [0.25, 0.3) is 0 Å². The van der Waals surface area contributed by atoms with Gasteiger partial charge in [-0.1, -0.05) is 0 Å². The van der Waals surface area contributed by atoms with Crippen LogP contribution in [0.25, 0.3) is 11.1 Å². The summed E-state index contributed by atoms with van der Waals surface area (Å²) in [6.45, 7) is 1.89. The van der Waals surface area contributed by atoms with Gasteiger partial charge in [0, 0.05) is 17.5 Å². The second-order valence-corrected chi connectivity index (χ2v) is 3.78. The summed E-state index contributed by atoms with van der Waals surface area (Å²) in [5.41, 5.74) is 3.55. The van der Waals surface area contributed by atoms with Gasteiger partial charge in [-0.25, -0.2) is 0 Å². The lowest BCUT2D eigenvalue weighted by atomic mass is 10.1. The van der Waals surface area contributed by atoms with E-state index in [2.05, 4.69) is 11.1 Å². The molecule has 0 N–H and O–H groups in total. The predicted octanol–water partition coefficient (Wildman–Crippen LogP) is 2.99. The number of nitrogens with zero attached hydrogens (tertiary/aromatic N) is 2. The molecule has 0 radical (unpaired) electrons. The van der Waals surface area contributed by atoms with E-state index in [1.54, 1.807) is 17.5 Å². The monoisotopic (exact) mass is 200 g/mol. The van der Waals surface area contributed by atoms with Gasteiger partial charge in [0.2, 0.25) is 0 Å². The molecule has 68 valence electrons. The molecule has 0 amide bonds. The average molecular weight is 200 g/mol. The van der Waals surface area contributed by atoms with E-state index in [1.165, 1.54) is 0 Å². The Morgan fingerprint density at radius 2 is 2.36 bits per heavy atom. The van der Waals surface area contributed by atoms with Crippen LogP contribution in [0.5, 0.6) is 0 Å². The zero-order valence-corrected chi connectivity index (χ0v) is 8.51. The number of thiophene rings is 1. The first-order chi connectivity index (χ1) is 6.81. The van der Waals surface area contributed by atoms with Crippen molar-refractivity contribution in [2.45, 2.75) is 6.92 Å². The SMILES string of the molecule is Cc1cc(C#N)c(-c2ccsc2)cn1. The summed E-state index contributed by atoms with van der Waals surface area (Å²) in [5.74, 6) is 0. The summed E-state index contributed by atoms with van der Waals surface area (Å²) in [7, 11) is 0. The molecule has 0 aromatic carbocycles. The minimum Gasteiger partial charge on any atom is -0.261 e. The van der Waals surface area contributed by atoms with Gasteiger partial charge in [0.15, 0.2) is 0 Å². The van der Waals surface area contributed by atoms with Gasteiger partial charge in [-0.2, -0.15) is 16.6 Å². The van der Waals surface area contributed by atoms with Crippen molar-refractivity contribution in [3.63, 3.8) is 0 Å². The molecular formula is C11H8N2S. The van der Waals surface area contributed by atoms with Crippen LogP contribution in [-0.4, -0.2) is 4.98 Å². The zero-order chi connectivity index (χ0) is 9.97. The molecule has 0 fully saturated rings. The Balaban J connectivity index is 2.60. The second kappa shape index (κ2) is 3.60. The largest absolute Gasteiger partial charge is 0.261 e. The van der Waals surface area contributed by atoms with E-state index in [4.69, 9.17) is 5.26 Å². The number of hydrogen-bond donors (Lipinski definition) is 0. The molecule has 14 heavy (non-hydrogen) atoms. The fourth-order valence-corrected chi connectivity index (χ4v) is 1.96. The lowest BCUT2D eigenvalue weighted by Gasteiger charge is -2.01. The van der Waals surface area contributed by atoms with Crippen LogP contribution in [-0.2, 0) is 0 Å². The lowest BCUT2D eigenvalue weighted by Crippen LogP contribution is -1.87. The van der Waals surface area contributed by atoms with Gasteiger partial charge >= 0.3 is 0 Å². The van der Waals surface area contributed by atoms with Crippen LogP contribution in [0.1, 0.15) is 11.3 Å². The number of pyridine rings is 1. The number of nitriles is 1. The first kappa shape index (κ1) is 8.92. The van der Waals surface area contributed by atoms with Crippen molar-refractivity contribution < 1.29 is 0 Å². The van der Waals surface area contributed by atoms with Crippen LogP contribution in [0.2, 0.25) is 0 Å². The van der Waals surface area contributed by atoms with E-state index in [-0.39, 0.29) is 0 Å². The van der Waals surface area contributed by atoms with Crippen molar-refractivity contribution in [3.8, 4) is 17.2 Å². The van der Waals surface area contributed by atoms with Crippen LogP contribution in [0, 0.1) is 18.3 Å². The maximum atomic E-state index is 8.97. The Morgan fingerprint density at radius 3 is 3.00 bits per heavy atom. The normalized spacial score (nSPS) is 9.71. The third-order valence-electron chi connectivity index (χ3n) is 1.99. The Kier molecular flexibility index (Phi) is 2.30. The summed E-state index contributed by atoms with van der Waals surface area (Å²) < 4.78 is 0. The van der Waals surface area contributed by atoms with Crippen LogP contribution < -0.4 is 0 Å². The van der Waals surface area contributed by atoms with Crippen molar-refractivity contribution in [1.82, 2.24) is 4.98 Å². The molecule has 2 aromatic heterocycles. The zero-order valence-electron chi connectivity index (χ0n) is 7.69. The highest BCUT2D eigenvalue weighted by molar-refractivity contribution is 7.08. The van der Waals surface area contributed by atoms with Gasteiger partial charge in [-0.3, -0.25) is 4.98 Å². The Morgan fingerprint density at radius 1 is 1.50 bits per heavy atom. The fraction of sp³-hybridized carbons (Fsp3) is 0.0909. The summed E-state index contributed by atoms with van der Waals surface area (Å²) in [5, 5.41) is 13.0. The molecule has 0 aliphatic carbocycles. The summed E-state index contributed by atoms with van der Waals surface area (Å²) in [6.07, 6.45) is 1.76. The Hall–Kier alpha value is -1.66. The van der Waals surface area contributed by atoms with Crippen molar-refractivity contribution in [2.75, 3.05) is 0 Å². The van der Waals surface area contributed by atoms with Gasteiger partial charge in [-0.05, 0) is 35.4 Å². The number of aromatic nitrogens is 1. The third-order valence-corrected chi connectivity index (χ3v) is 2.68. The summed E-state index contributed by atoms with van der Waals surface area (Å²) >= 11 is 1.62. The topological polar surface area (TPSA) is 36.7 Å². The van der Waals surface area contributed by atoms with E-state index < -0.39 is 0 Å². The van der Waals surface area contributed by atoms with Crippen LogP contribution >= 0.6 is 11.3 Å². The second-order valence-electron chi connectivity index (χ2n) is 3.00. The van der Waals surface area contributed by atoms with Crippen LogP contribution in [0.3, 0.4) is 0 Å². The van der Waals surface area contributed by atoms with E-state index in [0.717, 1.165) is 16.8 Å². The van der Waals surface area contributed by atoms with Crippen molar-refractivity contribution >= 4 is 11.3 Å². The molecule has 0 saturated carbocycles. The molecule has 0 unspecified atom stereocenters. The van der Waals surface area contributed by atoms with E-state index >= 15 is 0 Å². The molecule has 2 aromatic rings. The van der Waals surface area contributed by atoms with Crippen molar-refractivity contribution in [3.05, 3.63) is 40.3 Å². The quantitative estimate of drug-likeness (QED) is 0.709. The molecule has 0 aliphatic rings. The van der Waals surface area contributed by atoms with Gasteiger partial charge < -0.3 is 0 Å². The maximum Gasteiger partial charge on any atom is 0.0999 e. The highest BCUT2D eigenvalue weighted by Gasteiger charge is 2.05. The molecular weight excluding hydrogens is 192 g/mol. The molecule has 2 nitrogen and oxygen atoms in total. The maximum absolute atomic E-state index is 8.97. The van der Waals surface area contributed by atoms with Crippen LogP contribution in [0.4, 0.5) is 0 Å². The summed E-state index contributed by atoms with van der Waals surface area (Å²) in [6, 6.07) is 6.00. The molecule has 0 saturated heterocycles. The first-order valence-electron chi connectivity index (χ1n) is 4.20. The Bertz CT molecular complexity index is 480. The van der Waals surface area contributed by atoms with Gasteiger partial charge in [-0.15, -0.1) is 0 Å². The number of rotatable bonds is 1. The molecule has 0 bridgehead atoms. The van der Waals surface area contributed by atoms with Crippen molar-refractivity contribution in [1.29, 1.82) is 5.26 Å². The molecule has 0 aliphatic heterocycles. The lowest BCUT2D eigenvalue weighted by molar-refractivity contribution is 1.19. The molecule has 0 atom stereocenters. The smallest absolute Gasteiger partial charge is 0.0999 e. The highest BCUT2D eigenvalue weighted by Crippen LogP contribution is 2.24. The average Bonchev–Trinajstić information content (AvgIpc) is 2.70. The highest BCUT2D eigenvalue weighted by atomic mass is 32.1. The number of hydrogen-bond acceptors (Lipinski definition) is 3. The first-order valence-corrected chi connectivity index (χ1v) is 5.15. The molecule has 3 heteroatoms. The minimum absolute atomic E-state index is 0.691. The Labute approximate surface area is 86.5 Å². The van der Waals surface area contributed by atoms with E-state index in [9.17, 15) is 0 Å². The van der Waals surface area contributed by atoms with E-state index in [1.807, 2.05) is 29.8 Å². The van der Waals surface area contributed by atoms with E-state index in [0.29, 0.717) is 5.56 Å². The third kappa shape index (κ3) is 1.52. The van der Waals surface area contributed by atoms with Gasteiger partial charge in [0.05, 0.1) is 11.6 Å². The molecule has 2 heterocycles. The standard InChI is InChI=1S/C11H8N2S/c1-8-4-10(5-12)11(6-13-8)9-2-3-14-7-9/h2-4,6-7H,1H3. The number of aryl methyl sites for hydroxylation is 1. The van der Waals surface area contributed by atoms with Crippen molar-refractivity contribution in [2.24, 2.45) is 0 Å². The minimum atomic E-state index is 0.691. The molecule has 0 spiro atoms. The summed E-state index contributed by atoms with van der Waals surface area (Å²) in [4.78, 5) is 4.20.